The molecule has 0 unspecified atom stereocenters. The molecule has 0 aliphatic heterocycles. The van der Waals surface area contributed by atoms with E-state index in [-0.39, 0.29) is 18.9 Å². The number of hydrogen-bond donors (Lipinski definition) is 0. The Labute approximate surface area is 81.6 Å². The van der Waals surface area contributed by atoms with E-state index in [1.54, 1.807) is 7.11 Å². The molecule has 0 N–H and O–H groups in total. The molecule has 11 heavy (non-hydrogen) atoms. The van der Waals surface area contributed by atoms with Crippen molar-refractivity contribution in [1.82, 2.24) is 4.90 Å². The van der Waals surface area contributed by atoms with Gasteiger partial charge in [-0.05, 0) is 20.6 Å². The zero-order chi connectivity index (χ0) is 7.82. The summed E-state index contributed by atoms with van der Waals surface area (Å²) in [6, 6.07) is 0. The summed E-state index contributed by atoms with van der Waals surface area (Å²) in [7, 11) is 5.79. The number of methoxy groups -OCH3 is 1. The summed E-state index contributed by atoms with van der Waals surface area (Å²) in [6.07, 6.45) is 0. The van der Waals surface area contributed by atoms with Gasteiger partial charge in [0.2, 0.25) is 0 Å². The number of hydrogen-bond acceptors (Lipinski definition) is 2. The van der Waals surface area contributed by atoms with Crippen LogP contribution in [0.2, 0.25) is 0 Å². The average molecular weight is 152 g/mol. The van der Waals surface area contributed by atoms with Gasteiger partial charge in [-0.25, -0.2) is 0 Å². The van der Waals surface area contributed by atoms with Crippen molar-refractivity contribution in [2.45, 2.75) is 0 Å². The quantitative estimate of drug-likeness (QED) is 0.312. The van der Waals surface area contributed by atoms with Gasteiger partial charge in [-0.15, -0.1) is 13.1 Å². The summed E-state index contributed by atoms with van der Waals surface area (Å²) in [4.78, 5) is 2.12. The zero-order valence-corrected chi connectivity index (χ0v) is 8.13. The van der Waals surface area contributed by atoms with Crippen LogP contribution in [0, 0.1) is 0 Å². The molecule has 0 aliphatic carbocycles. The normalized spacial score (nSPS) is 9.82. The molecule has 0 amide bonds. The van der Waals surface area contributed by atoms with Gasteiger partial charge in [-0.3, -0.25) is 0 Å². The van der Waals surface area contributed by atoms with Gasteiger partial charge in [0.25, 0.3) is 0 Å². The fourth-order valence-electron chi connectivity index (χ4n) is 0.538. The van der Waals surface area contributed by atoms with Gasteiger partial charge in [0.1, 0.15) is 0 Å². The van der Waals surface area contributed by atoms with E-state index < -0.39 is 0 Å². The first kappa shape index (κ1) is 14.0. The van der Waals surface area contributed by atoms with Gasteiger partial charge in [0, 0.05) is 13.7 Å². The molecule has 0 spiro atoms. The summed E-state index contributed by atoms with van der Waals surface area (Å²) in [5, 5.41) is 4.23. The Morgan fingerprint density at radius 1 is 1.27 bits per heavy atom. The molecule has 0 heterocycles. The van der Waals surface area contributed by atoms with Crippen molar-refractivity contribution >= 4 is 0 Å². The van der Waals surface area contributed by atoms with E-state index in [2.05, 4.69) is 10.2 Å². The molecule has 0 aliphatic rings. The van der Waals surface area contributed by atoms with Crippen molar-refractivity contribution < 1.29 is 23.6 Å². The predicted octanol–water partition coefficient (Wildman–Crippen LogP) is -2.43. The van der Waals surface area contributed by atoms with E-state index in [4.69, 9.17) is 4.74 Å². The smallest absolute Gasteiger partial charge is 0.659 e. The third-order valence-corrected chi connectivity index (χ3v) is 1.16. The Kier molecular flexibility index (Phi) is 13.4. The summed E-state index contributed by atoms with van der Waals surface area (Å²) < 4.78 is 4.84. The molecule has 3 nitrogen and oxygen atoms in total. The monoisotopic (exact) mass is 152 g/mol. The van der Waals surface area contributed by atoms with Crippen molar-refractivity contribution in [2.75, 3.05) is 47.4 Å². The molecule has 62 valence electrons. The van der Waals surface area contributed by atoms with E-state index in [0.717, 1.165) is 26.2 Å². The molecule has 0 aromatic rings. The van der Waals surface area contributed by atoms with Crippen LogP contribution in [0.4, 0.5) is 0 Å². The average Bonchev–Trinajstić information content (AvgIpc) is 1.87. The summed E-state index contributed by atoms with van der Waals surface area (Å²) in [6.45, 7) is 3.51. The Balaban J connectivity index is 0. The molecule has 0 saturated carbocycles. The summed E-state index contributed by atoms with van der Waals surface area (Å²) >= 11 is 0. The Morgan fingerprint density at radius 2 is 1.91 bits per heavy atom. The molecule has 0 aromatic carbocycles. The molecule has 0 rings (SSSR count). The van der Waals surface area contributed by atoms with E-state index in [9.17, 15) is 0 Å². The summed E-state index contributed by atoms with van der Waals surface area (Å²) in [5.41, 5.74) is 0. The van der Waals surface area contributed by atoms with Crippen LogP contribution in [-0.2, 0) is 4.74 Å². The van der Waals surface area contributed by atoms with Crippen LogP contribution in [0.25, 0.3) is 5.32 Å². The van der Waals surface area contributed by atoms with Gasteiger partial charge in [-0.1, -0.05) is 0 Å². The summed E-state index contributed by atoms with van der Waals surface area (Å²) in [5.74, 6) is 0. The molecule has 0 radical (unpaired) electrons. The number of ether oxygens (including phenoxy) is 1. The van der Waals surface area contributed by atoms with Crippen molar-refractivity contribution in [1.29, 1.82) is 0 Å². The first-order chi connectivity index (χ1) is 4.77. The van der Waals surface area contributed by atoms with Crippen LogP contribution in [0.3, 0.4) is 0 Å². The third kappa shape index (κ3) is 13.5. The molecular formula is C7H17LiN2O. The maximum atomic E-state index is 4.84. The van der Waals surface area contributed by atoms with Gasteiger partial charge in [0.05, 0.1) is 0 Å². The first-order valence-electron chi connectivity index (χ1n) is 3.54. The van der Waals surface area contributed by atoms with Crippen molar-refractivity contribution in [3.63, 3.8) is 0 Å². The second-order valence-electron chi connectivity index (χ2n) is 2.47. The van der Waals surface area contributed by atoms with E-state index in [0.29, 0.717) is 0 Å². The molecule has 0 atom stereocenters. The van der Waals surface area contributed by atoms with Crippen molar-refractivity contribution in [3.8, 4) is 0 Å². The topological polar surface area (TPSA) is 26.6 Å². The van der Waals surface area contributed by atoms with Gasteiger partial charge in [-0.2, -0.15) is 0 Å². The van der Waals surface area contributed by atoms with Crippen LogP contribution < -0.4 is 18.9 Å². The van der Waals surface area contributed by atoms with Crippen LogP contribution in [-0.4, -0.2) is 52.3 Å². The largest absolute Gasteiger partial charge is 1.00 e. The molecular weight excluding hydrogens is 135 g/mol. The maximum absolute atomic E-state index is 4.84. The Hall–Kier alpha value is 0.477. The second kappa shape index (κ2) is 10.5. The molecule has 0 fully saturated rings. The van der Waals surface area contributed by atoms with Crippen LogP contribution in [0.1, 0.15) is 0 Å². The molecule has 4 heteroatoms. The van der Waals surface area contributed by atoms with Gasteiger partial charge < -0.3 is 15.0 Å². The minimum absolute atomic E-state index is 0. The zero-order valence-electron chi connectivity index (χ0n) is 8.13. The van der Waals surface area contributed by atoms with Crippen molar-refractivity contribution in [3.05, 3.63) is 5.32 Å². The molecule has 0 saturated heterocycles. The number of likely N-dealkylation sites (N-methyl/N-ethyl adjacent to an activating group) is 1. The molecule has 0 aromatic heterocycles. The maximum Gasteiger partial charge on any atom is 1.00 e. The third-order valence-electron chi connectivity index (χ3n) is 1.16. The van der Waals surface area contributed by atoms with Gasteiger partial charge >= 0.3 is 18.9 Å². The van der Waals surface area contributed by atoms with Gasteiger partial charge in [0.15, 0.2) is 0 Å². The fourth-order valence-corrected chi connectivity index (χ4v) is 0.538. The Bertz CT molecular complexity index is 71.5. The minimum atomic E-state index is 0. The first-order valence-corrected chi connectivity index (χ1v) is 3.54. The SMILES string of the molecule is COCC[N-]CCN(C)C.[Li+]. The van der Waals surface area contributed by atoms with Crippen LogP contribution in [0.15, 0.2) is 0 Å². The molecule has 0 bridgehead atoms. The Morgan fingerprint density at radius 3 is 2.36 bits per heavy atom. The van der Waals surface area contributed by atoms with E-state index in [1.807, 2.05) is 14.1 Å². The fraction of sp³-hybridized carbons (Fsp3) is 1.00. The standard InChI is InChI=1S/C7H17N2O.Li/c1-9(2)6-4-8-5-7-10-3;/h4-7H2,1-3H3;/q-1;+1. The number of rotatable bonds is 6. The minimum Gasteiger partial charge on any atom is -0.659 e. The second-order valence-corrected chi connectivity index (χ2v) is 2.47. The predicted molar refractivity (Wildman–Crippen MR) is 43.5 cm³/mol. The van der Waals surface area contributed by atoms with Crippen molar-refractivity contribution in [2.24, 2.45) is 0 Å². The van der Waals surface area contributed by atoms with E-state index >= 15 is 0 Å². The van der Waals surface area contributed by atoms with Crippen LogP contribution >= 0.6 is 0 Å². The van der Waals surface area contributed by atoms with Crippen LogP contribution in [0.5, 0.6) is 0 Å². The van der Waals surface area contributed by atoms with E-state index in [1.165, 1.54) is 0 Å². The number of nitrogens with zero attached hydrogens (tertiary/aromatic N) is 2.